The topological polar surface area (TPSA) is 0 Å². The number of nitrogens with zero attached hydrogens (tertiary/aromatic N) is 1. The predicted molar refractivity (Wildman–Crippen MR) is 210 cm³/mol. The molecule has 0 atom stereocenters. The van der Waals surface area contributed by atoms with E-state index in [1.165, 1.54) is 77.3 Å². The highest BCUT2D eigenvalue weighted by molar-refractivity contribution is 6.29. The molecule has 9 rings (SSSR count). The van der Waals surface area contributed by atoms with Crippen LogP contribution in [0.1, 0.15) is 0 Å². The lowest BCUT2D eigenvalue weighted by Crippen LogP contribution is -2.33. The van der Waals surface area contributed by atoms with Gasteiger partial charge in [0.15, 0.2) is 5.69 Å². The number of quaternary nitrogens is 1. The fourth-order valence-electron chi connectivity index (χ4n) is 7.94. The summed E-state index contributed by atoms with van der Waals surface area (Å²) in [5.74, 6) is 0. The monoisotopic (exact) mass is 624 g/mol. The van der Waals surface area contributed by atoms with E-state index in [0.29, 0.717) is 4.48 Å². The predicted octanol–water partition coefficient (Wildman–Crippen LogP) is 13.8. The number of hydrogen-bond acceptors (Lipinski definition) is 0. The number of benzene rings is 9. The molecule has 0 saturated heterocycles. The molecule has 0 aromatic heterocycles. The van der Waals surface area contributed by atoms with Crippen LogP contribution in [0.4, 0.5) is 22.7 Å². The lowest BCUT2D eigenvalue weighted by atomic mass is 9.83. The maximum absolute atomic E-state index is 2.44. The molecule has 0 spiro atoms. The number of para-hydroxylation sites is 3. The molecule has 0 radical (unpaired) electrons. The second-order valence-electron chi connectivity index (χ2n) is 12.6. The van der Waals surface area contributed by atoms with Crippen LogP contribution in [0.15, 0.2) is 206 Å². The SMILES string of the molecule is c1ccc(-c2c3ccccc3c(-c3ccccc3)c3c([N+](c4ccccc4)(c4ccccc4)c4ccccc4)c4ccccc4cc23)cc1. The molecule has 0 aliphatic rings. The van der Waals surface area contributed by atoms with Gasteiger partial charge in [-0.25, -0.2) is 0 Å². The van der Waals surface area contributed by atoms with Gasteiger partial charge in [-0.2, -0.15) is 4.48 Å². The van der Waals surface area contributed by atoms with E-state index >= 15 is 0 Å². The van der Waals surface area contributed by atoms with Gasteiger partial charge in [-0.3, -0.25) is 0 Å². The van der Waals surface area contributed by atoms with Crippen LogP contribution in [-0.4, -0.2) is 0 Å². The fourth-order valence-corrected chi connectivity index (χ4v) is 7.94. The Balaban J connectivity index is 1.65. The Morgan fingerprint density at radius 1 is 0.286 bits per heavy atom. The van der Waals surface area contributed by atoms with E-state index in [1.54, 1.807) is 0 Å². The summed E-state index contributed by atoms with van der Waals surface area (Å²) in [5.41, 5.74) is 9.66. The second kappa shape index (κ2) is 12.1. The molecule has 0 aliphatic heterocycles. The summed E-state index contributed by atoms with van der Waals surface area (Å²) < 4.78 is 0.410. The molecule has 1 nitrogen and oxygen atoms in total. The molecular weight excluding hydrogens is 591 g/mol. The van der Waals surface area contributed by atoms with Crippen molar-refractivity contribution in [2.24, 2.45) is 0 Å². The van der Waals surface area contributed by atoms with E-state index in [0.717, 1.165) is 0 Å². The van der Waals surface area contributed by atoms with Crippen molar-refractivity contribution in [2.45, 2.75) is 0 Å². The summed E-state index contributed by atoms with van der Waals surface area (Å²) in [4.78, 5) is 0. The highest BCUT2D eigenvalue weighted by Crippen LogP contribution is 2.59. The van der Waals surface area contributed by atoms with Crippen molar-refractivity contribution in [2.75, 3.05) is 0 Å². The summed E-state index contributed by atoms with van der Waals surface area (Å²) in [6.45, 7) is 0. The first-order valence-corrected chi connectivity index (χ1v) is 16.9. The molecule has 0 N–H and O–H groups in total. The van der Waals surface area contributed by atoms with Crippen molar-refractivity contribution < 1.29 is 0 Å². The Hall–Kier alpha value is -6.28. The zero-order chi connectivity index (χ0) is 32.6. The standard InChI is InChI=1S/C48H34N/c1-6-20-35(21-7-1)45-42-32-18-19-33-43(42)46(36-22-8-2-9-23-36)47-44(45)34-37-24-16-17-31-41(37)48(47)49(38-25-10-3-11-26-38,39-27-12-4-13-28-39)40-29-14-5-15-30-40/h1-34H/q+1. The third-order valence-corrected chi connectivity index (χ3v) is 9.90. The van der Waals surface area contributed by atoms with Crippen LogP contribution >= 0.6 is 0 Å². The van der Waals surface area contributed by atoms with Gasteiger partial charge in [0.25, 0.3) is 0 Å². The summed E-state index contributed by atoms with van der Waals surface area (Å²) in [6, 6.07) is 75.4. The molecule has 0 fully saturated rings. The van der Waals surface area contributed by atoms with E-state index in [9.17, 15) is 0 Å². The number of hydrogen-bond donors (Lipinski definition) is 0. The summed E-state index contributed by atoms with van der Waals surface area (Å²) in [7, 11) is 0. The van der Waals surface area contributed by atoms with Gasteiger partial charge in [0, 0.05) is 47.3 Å². The zero-order valence-corrected chi connectivity index (χ0v) is 27.1. The molecule has 9 aromatic carbocycles. The van der Waals surface area contributed by atoms with Gasteiger partial charge in [0.1, 0.15) is 17.1 Å². The van der Waals surface area contributed by atoms with Crippen LogP contribution in [-0.2, 0) is 0 Å². The van der Waals surface area contributed by atoms with Crippen molar-refractivity contribution in [1.29, 1.82) is 0 Å². The highest BCUT2D eigenvalue weighted by atomic mass is 15.4. The normalized spacial score (nSPS) is 11.7. The first kappa shape index (κ1) is 28.9. The van der Waals surface area contributed by atoms with Gasteiger partial charge < -0.3 is 0 Å². The quantitative estimate of drug-likeness (QED) is 0.128. The summed E-state index contributed by atoms with van der Waals surface area (Å²) in [5, 5.41) is 7.41. The first-order chi connectivity index (χ1) is 24.4. The Morgan fingerprint density at radius 2 is 0.653 bits per heavy atom. The van der Waals surface area contributed by atoms with Gasteiger partial charge in [0.05, 0.1) is 5.39 Å². The first-order valence-electron chi connectivity index (χ1n) is 16.9. The third kappa shape index (κ3) is 4.59. The molecule has 9 aromatic rings. The van der Waals surface area contributed by atoms with E-state index < -0.39 is 0 Å². The maximum Gasteiger partial charge on any atom is 0.164 e. The van der Waals surface area contributed by atoms with Crippen molar-refractivity contribution in [1.82, 2.24) is 4.48 Å². The third-order valence-electron chi connectivity index (χ3n) is 9.90. The van der Waals surface area contributed by atoms with Gasteiger partial charge in [-0.15, -0.1) is 0 Å². The summed E-state index contributed by atoms with van der Waals surface area (Å²) >= 11 is 0. The number of fused-ring (bicyclic) bond motifs is 3. The van der Waals surface area contributed by atoms with Gasteiger partial charge in [0.2, 0.25) is 0 Å². The molecular formula is C48H34N+. The minimum Gasteiger partial charge on any atom is -0.193 e. The molecule has 0 amide bonds. The highest BCUT2D eigenvalue weighted by Gasteiger charge is 2.43. The molecule has 49 heavy (non-hydrogen) atoms. The van der Waals surface area contributed by atoms with Crippen molar-refractivity contribution >= 4 is 55.1 Å². The lowest BCUT2D eigenvalue weighted by Gasteiger charge is -2.39. The Morgan fingerprint density at radius 3 is 1.14 bits per heavy atom. The zero-order valence-electron chi connectivity index (χ0n) is 27.1. The summed E-state index contributed by atoms with van der Waals surface area (Å²) in [6.07, 6.45) is 0. The maximum atomic E-state index is 2.44. The van der Waals surface area contributed by atoms with E-state index in [-0.39, 0.29) is 0 Å². The fraction of sp³-hybridized carbons (Fsp3) is 0. The van der Waals surface area contributed by atoms with Gasteiger partial charge in [-0.05, 0) is 50.4 Å². The lowest BCUT2D eigenvalue weighted by molar-refractivity contribution is 0.714. The molecule has 0 heterocycles. The van der Waals surface area contributed by atoms with E-state index in [4.69, 9.17) is 0 Å². The van der Waals surface area contributed by atoms with Crippen LogP contribution in [0.2, 0.25) is 0 Å². The average molecular weight is 625 g/mol. The van der Waals surface area contributed by atoms with Crippen LogP contribution in [0.5, 0.6) is 0 Å². The van der Waals surface area contributed by atoms with Crippen LogP contribution in [0.3, 0.4) is 0 Å². The van der Waals surface area contributed by atoms with Crippen LogP contribution in [0, 0.1) is 0 Å². The minimum atomic E-state index is 0.410. The van der Waals surface area contributed by atoms with Crippen molar-refractivity contribution in [3.8, 4) is 22.3 Å². The number of rotatable bonds is 6. The molecule has 0 unspecified atom stereocenters. The van der Waals surface area contributed by atoms with Gasteiger partial charge >= 0.3 is 0 Å². The average Bonchev–Trinajstić information content (AvgIpc) is 3.19. The smallest absolute Gasteiger partial charge is 0.164 e. The molecule has 1 heteroatoms. The Kier molecular flexibility index (Phi) is 7.12. The van der Waals surface area contributed by atoms with E-state index in [2.05, 4.69) is 206 Å². The molecule has 230 valence electrons. The van der Waals surface area contributed by atoms with Crippen LogP contribution in [0.25, 0.3) is 54.6 Å². The van der Waals surface area contributed by atoms with E-state index in [1.807, 2.05) is 0 Å². The largest absolute Gasteiger partial charge is 0.193 e. The van der Waals surface area contributed by atoms with Crippen LogP contribution < -0.4 is 4.48 Å². The molecule has 0 saturated carbocycles. The second-order valence-corrected chi connectivity index (χ2v) is 12.6. The van der Waals surface area contributed by atoms with Crippen molar-refractivity contribution in [3.05, 3.63) is 206 Å². The Labute approximate surface area is 287 Å². The minimum absolute atomic E-state index is 0.410. The molecule has 0 bridgehead atoms. The van der Waals surface area contributed by atoms with Gasteiger partial charge in [-0.1, -0.05) is 158 Å². The van der Waals surface area contributed by atoms with Crippen molar-refractivity contribution in [3.63, 3.8) is 0 Å². The molecule has 0 aliphatic carbocycles. The Bertz CT molecular complexity index is 2460.